The van der Waals surface area contributed by atoms with Gasteiger partial charge in [0.25, 0.3) is 0 Å². The molecule has 2 amide bonds. The van der Waals surface area contributed by atoms with Crippen molar-refractivity contribution in [1.29, 1.82) is 0 Å². The summed E-state index contributed by atoms with van der Waals surface area (Å²) in [5.74, 6) is 0. The molecule has 0 bridgehead atoms. The van der Waals surface area contributed by atoms with Crippen molar-refractivity contribution in [3.05, 3.63) is 48.3 Å². The average molecular weight is 302 g/mol. The molecule has 118 valence electrons. The molecule has 1 aromatic heterocycles. The van der Waals surface area contributed by atoms with E-state index in [9.17, 15) is 9.90 Å². The van der Waals surface area contributed by atoms with E-state index in [0.717, 1.165) is 5.56 Å². The van der Waals surface area contributed by atoms with Crippen molar-refractivity contribution in [3.8, 4) is 0 Å². The van der Waals surface area contributed by atoms with Crippen LogP contribution in [0.2, 0.25) is 0 Å². The lowest BCUT2D eigenvalue weighted by molar-refractivity contribution is 0.172. The maximum atomic E-state index is 12.0. The first-order valence-corrected chi connectivity index (χ1v) is 7.31. The van der Waals surface area contributed by atoms with E-state index in [0.29, 0.717) is 18.7 Å². The quantitative estimate of drug-likeness (QED) is 0.765. The Hall–Kier alpha value is -2.34. The van der Waals surface area contributed by atoms with Crippen molar-refractivity contribution in [3.63, 3.8) is 0 Å². The van der Waals surface area contributed by atoms with E-state index >= 15 is 0 Å². The molecule has 0 saturated heterocycles. The van der Waals surface area contributed by atoms with Crippen molar-refractivity contribution in [2.24, 2.45) is 0 Å². The number of anilines is 1. The second-order valence-electron chi connectivity index (χ2n) is 5.56. The van der Waals surface area contributed by atoms with Crippen molar-refractivity contribution < 1.29 is 9.90 Å². The summed E-state index contributed by atoms with van der Waals surface area (Å²) in [4.78, 5) is 12.0. The van der Waals surface area contributed by atoms with Gasteiger partial charge < -0.3 is 15.7 Å². The third kappa shape index (κ3) is 4.33. The van der Waals surface area contributed by atoms with Gasteiger partial charge in [-0.15, -0.1) is 0 Å². The Morgan fingerprint density at radius 3 is 2.86 bits per heavy atom. The summed E-state index contributed by atoms with van der Waals surface area (Å²) in [5.41, 5.74) is 1.14. The first kappa shape index (κ1) is 16.0. The Bertz CT molecular complexity index is 606. The number of nitrogens with one attached hydrogen (secondary N) is 2. The lowest BCUT2D eigenvalue weighted by atomic mass is 10.0. The van der Waals surface area contributed by atoms with E-state index in [1.54, 1.807) is 13.1 Å². The third-order valence-electron chi connectivity index (χ3n) is 3.63. The fourth-order valence-electron chi connectivity index (χ4n) is 2.00. The van der Waals surface area contributed by atoms with E-state index in [1.165, 1.54) is 0 Å². The smallest absolute Gasteiger partial charge is 0.319 e. The van der Waals surface area contributed by atoms with Gasteiger partial charge in [-0.25, -0.2) is 4.79 Å². The van der Waals surface area contributed by atoms with Crippen molar-refractivity contribution >= 4 is 11.7 Å². The van der Waals surface area contributed by atoms with E-state index < -0.39 is 5.54 Å². The van der Waals surface area contributed by atoms with Crippen LogP contribution in [0, 0.1) is 0 Å². The summed E-state index contributed by atoms with van der Waals surface area (Å²) < 4.78 is 1.82. The fourth-order valence-corrected chi connectivity index (χ4v) is 2.00. The largest absolute Gasteiger partial charge is 0.394 e. The van der Waals surface area contributed by atoms with Crippen LogP contribution in [0.25, 0.3) is 0 Å². The Kier molecular flexibility index (Phi) is 5.16. The molecular weight excluding hydrogens is 280 g/mol. The zero-order valence-corrected chi connectivity index (χ0v) is 12.9. The van der Waals surface area contributed by atoms with Crippen molar-refractivity contribution in [2.75, 3.05) is 11.9 Å². The van der Waals surface area contributed by atoms with Gasteiger partial charge in [-0.1, -0.05) is 19.1 Å². The van der Waals surface area contributed by atoms with Gasteiger partial charge in [0.05, 0.1) is 18.7 Å². The maximum absolute atomic E-state index is 12.0. The molecule has 22 heavy (non-hydrogen) atoms. The van der Waals surface area contributed by atoms with Gasteiger partial charge in [-0.2, -0.15) is 5.10 Å². The minimum absolute atomic E-state index is 0.101. The Morgan fingerprint density at radius 2 is 2.23 bits per heavy atom. The Balaban J connectivity index is 1.99. The molecule has 0 fully saturated rings. The van der Waals surface area contributed by atoms with Gasteiger partial charge >= 0.3 is 6.03 Å². The molecule has 1 heterocycles. The minimum atomic E-state index is -0.614. The van der Waals surface area contributed by atoms with E-state index in [4.69, 9.17) is 0 Å². The molecule has 6 nitrogen and oxygen atoms in total. The molecule has 0 aliphatic heterocycles. The highest BCUT2D eigenvalue weighted by molar-refractivity contribution is 5.89. The van der Waals surface area contributed by atoms with Crippen LogP contribution < -0.4 is 10.6 Å². The summed E-state index contributed by atoms with van der Waals surface area (Å²) in [5, 5.41) is 19.1. The number of hydrogen-bond donors (Lipinski definition) is 3. The van der Waals surface area contributed by atoms with Gasteiger partial charge in [-0.3, -0.25) is 4.68 Å². The standard InChI is InChI=1S/C16H22N4O2/c1-3-16(2,12-21)19-15(22)18-14-7-4-6-13(10-14)11-20-9-5-8-17-20/h4-10,21H,3,11-12H2,1-2H3,(H2,18,19,22). The molecule has 0 aliphatic rings. The van der Waals surface area contributed by atoms with Crippen molar-refractivity contribution in [2.45, 2.75) is 32.4 Å². The molecule has 2 aromatic rings. The lowest BCUT2D eigenvalue weighted by Crippen LogP contribution is -2.50. The van der Waals surface area contributed by atoms with Gasteiger partial charge in [0.2, 0.25) is 0 Å². The van der Waals surface area contributed by atoms with Crippen LogP contribution in [0.5, 0.6) is 0 Å². The number of urea groups is 1. The van der Waals surface area contributed by atoms with Crippen LogP contribution in [0.15, 0.2) is 42.7 Å². The third-order valence-corrected chi connectivity index (χ3v) is 3.63. The molecule has 0 saturated carbocycles. The maximum Gasteiger partial charge on any atom is 0.319 e. The molecule has 0 radical (unpaired) electrons. The van der Waals surface area contributed by atoms with Gasteiger partial charge in [0, 0.05) is 18.1 Å². The first-order valence-electron chi connectivity index (χ1n) is 7.31. The zero-order chi connectivity index (χ0) is 16.0. The monoisotopic (exact) mass is 302 g/mol. The summed E-state index contributed by atoms with van der Waals surface area (Å²) in [7, 11) is 0. The number of nitrogens with zero attached hydrogens (tertiary/aromatic N) is 2. The Morgan fingerprint density at radius 1 is 1.41 bits per heavy atom. The number of amides is 2. The molecule has 0 spiro atoms. The molecule has 1 unspecified atom stereocenters. The highest BCUT2D eigenvalue weighted by Crippen LogP contribution is 2.13. The number of carbonyl (C=O) groups is 1. The SMILES string of the molecule is CCC(C)(CO)NC(=O)Nc1cccc(Cn2cccn2)c1. The number of carbonyl (C=O) groups excluding carboxylic acids is 1. The molecule has 3 N–H and O–H groups in total. The van der Waals surface area contributed by atoms with Crippen LogP contribution in [0.3, 0.4) is 0 Å². The topological polar surface area (TPSA) is 79.2 Å². The molecule has 6 heteroatoms. The van der Waals surface area contributed by atoms with E-state index in [-0.39, 0.29) is 12.6 Å². The number of rotatable bonds is 6. The van der Waals surface area contributed by atoms with Gasteiger partial charge in [0.1, 0.15) is 0 Å². The van der Waals surface area contributed by atoms with Crippen LogP contribution in [-0.2, 0) is 6.54 Å². The second kappa shape index (κ2) is 7.09. The summed E-state index contributed by atoms with van der Waals surface area (Å²) >= 11 is 0. The average Bonchev–Trinajstić information content (AvgIpc) is 3.00. The number of aliphatic hydroxyl groups is 1. The normalized spacial score (nSPS) is 13.4. The minimum Gasteiger partial charge on any atom is -0.394 e. The van der Waals surface area contributed by atoms with Crippen LogP contribution in [0.1, 0.15) is 25.8 Å². The number of benzene rings is 1. The predicted molar refractivity (Wildman–Crippen MR) is 85.7 cm³/mol. The summed E-state index contributed by atoms with van der Waals surface area (Å²) in [6, 6.07) is 9.15. The van der Waals surface area contributed by atoms with Crippen LogP contribution in [-0.4, -0.2) is 33.1 Å². The summed E-state index contributed by atoms with van der Waals surface area (Å²) in [6.07, 6.45) is 4.27. The lowest BCUT2D eigenvalue weighted by Gasteiger charge is -2.27. The van der Waals surface area contributed by atoms with Gasteiger partial charge in [-0.05, 0) is 37.1 Å². The first-order chi connectivity index (χ1) is 10.5. The molecule has 1 aromatic carbocycles. The highest BCUT2D eigenvalue weighted by Gasteiger charge is 2.23. The van der Waals surface area contributed by atoms with Crippen LogP contribution >= 0.6 is 0 Å². The zero-order valence-electron chi connectivity index (χ0n) is 12.9. The summed E-state index contributed by atoms with van der Waals surface area (Å²) in [6.45, 7) is 4.27. The van der Waals surface area contributed by atoms with E-state index in [2.05, 4.69) is 15.7 Å². The molecule has 0 aliphatic carbocycles. The molecular formula is C16H22N4O2. The molecule has 2 rings (SSSR count). The van der Waals surface area contributed by atoms with Crippen molar-refractivity contribution in [1.82, 2.24) is 15.1 Å². The highest BCUT2D eigenvalue weighted by atomic mass is 16.3. The van der Waals surface area contributed by atoms with Crippen LogP contribution in [0.4, 0.5) is 10.5 Å². The van der Waals surface area contributed by atoms with E-state index in [1.807, 2.05) is 48.1 Å². The number of aliphatic hydroxyl groups excluding tert-OH is 1. The fraction of sp³-hybridized carbons (Fsp3) is 0.375. The predicted octanol–water partition coefficient (Wildman–Crippen LogP) is 2.21. The number of hydrogen-bond acceptors (Lipinski definition) is 3. The number of aromatic nitrogens is 2. The van der Waals surface area contributed by atoms with Gasteiger partial charge in [0.15, 0.2) is 0 Å². The molecule has 1 atom stereocenters. The Labute approximate surface area is 130 Å². The second-order valence-corrected chi connectivity index (χ2v) is 5.56.